The van der Waals surface area contributed by atoms with E-state index in [2.05, 4.69) is 4.72 Å². The summed E-state index contributed by atoms with van der Waals surface area (Å²) >= 11 is 0. The summed E-state index contributed by atoms with van der Waals surface area (Å²) in [7, 11) is -6.53. The van der Waals surface area contributed by atoms with Gasteiger partial charge in [0.25, 0.3) is 0 Å². The van der Waals surface area contributed by atoms with Crippen LogP contribution in [0, 0.1) is 0 Å². The normalized spacial score (nSPS) is 20.9. The molecule has 2 N–H and O–H groups in total. The van der Waals surface area contributed by atoms with Gasteiger partial charge in [-0.1, -0.05) is 0 Å². The molecule has 0 bridgehead atoms. The van der Waals surface area contributed by atoms with Gasteiger partial charge in [-0.3, -0.25) is 0 Å². The fraction of sp³-hybridized carbons (Fsp3) is 1.00. The molecule has 1 fully saturated rings. The standard InChI is InChI=1S/C9H19NO6S2/c11-4-6-16-5-3-10-18(14,15)9-1-7-17(12,13)8-2-9/h9-11H,1-8H2. The van der Waals surface area contributed by atoms with Crippen LogP contribution >= 0.6 is 0 Å². The van der Waals surface area contributed by atoms with Crippen LogP contribution in [0.4, 0.5) is 0 Å². The van der Waals surface area contributed by atoms with Crippen molar-refractivity contribution in [3.63, 3.8) is 0 Å². The van der Waals surface area contributed by atoms with Gasteiger partial charge < -0.3 is 9.84 Å². The first-order chi connectivity index (χ1) is 8.37. The first-order valence-corrected chi connectivity index (χ1v) is 9.12. The van der Waals surface area contributed by atoms with Crippen molar-refractivity contribution in [3.8, 4) is 0 Å². The Kier molecular flexibility index (Phi) is 5.99. The van der Waals surface area contributed by atoms with E-state index in [1.807, 2.05) is 0 Å². The van der Waals surface area contributed by atoms with E-state index in [-0.39, 0.29) is 50.7 Å². The molecular weight excluding hydrogens is 282 g/mol. The topological polar surface area (TPSA) is 110 Å². The minimum absolute atomic E-state index is 0.0699. The van der Waals surface area contributed by atoms with Gasteiger partial charge in [-0.2, -0.15) is 0 Å². The van der Waals surface area contributed by atoms with E-state index in [1.54, 1.807) is 0 Å². The second kappa shape index (κ2) is 6.80. The fourth-order valence-corrected chi connectivity index (χ4v) is 4.97. The number of hydrogen-bond donors (Lipinski definition) is 2. The lowest BCUT2D eigenvalue weighted by atomic mass is 10.2. The van der Waals surface area contributed by atoms with Crippen LogP contribution in [-0.2, 0) is 24.6 Å². The Morgan fingerprint density at radius 1 is 1.22 bits per heavy atom. The quantitative estimate of drug-likeness (QED) is 0.553. The third-order valence-electron chi connectivity index (χ3n) is 2.73. The van der Waals surface area contributed by atoms with Gasteiger partial charge in [0.1, 0.15) is 9.84 Å². The van der Waals surface area contributed by atoms with E-state index in [9.17, 15) is 16.8 Å². The van der Waals surface area contributed by atoms with Crippen LogP contribution in [0.3, 0.4) is 0 Å². The highest BCUT2D eigenvalue weighted by Gasteiger charge is 2.32. The summed E-state index contributed by atoms with van der Waals surface area (Å²) in [5.41, 5.74) is 0. The Bertz CT molecular complexity index is 430. The van der Waals surface area contributed by atoms with Crippen LogP contribution in [0.1, 0.15) is 12.8 Å². The van der Waals surface area contributed by atoms with Crippen LogP contribution in [-0.4, -0.2) is 65.1 Å². The molecule has 0 aromatic heterocycles. The molecule has 1 rings (SSSR count). The zero-order valence-electron chi connectivity index (χ0n) is 10.0. The summed E-state index contributed by atoms with van der Waals surface area (Å²) in [6, 6.07) is 0. The summed E-state index contributed by atoms with van der Waals surface area (Å²) in [6.45, 7) is 0.382. The zero-order valence-corrected chi connectivity index (χ0v) is 11.7. The molecule has 7 nitrogen and oxygen atoms in total. The minimum atomic E-state index is -3.48. The molecule has 0 amide bonds. The number of sulfone groups is 1. The Labute approximate surface area is 107 Å². The maximum atomic E-state index is 11.8. The first kappa shape index (κ1) is 15.8. The van der Waals surface area contributed by atoms with Crippen LogP contribution in [0.2, 0.25) is 0 Å². The summed E-state index contributed by atoms with van der Waals surface area (Å²) < 4.78 is 53.3. The molecule has 1 saturated heterocycles. The summed E-state index contributed by atoms with van der Waals surface area (Å²) in [6.07, 6.45) is 0.296. The second-order valence-corrected chi connectivity index (χ2v) is 8.48. The molecule has 108 valence electrons. The maximum Gasteiger partial charge on any atom is 0.214 e. The van der Waals surface area contributed by atoms with Gasteiger partial charge in [0.15, 0.2) is 0 Å². The third kappa shape index (κ3) is 5.19. The Morgan fingerprint density at radius 3 is 2.39 bits per heavy atom. The van der Waals surface area contributed by atoms with Crippen molar-refractivity contribution in [1.82, 2.24) is 4.72 Å². The van der Waals surface area contributed by atoms with E-state index in [1.165, 1.54) is 0 Å². The van der Waals surface area contributed by atoms with E-state index < -0.39 is 25.1 Å². The molecule has 1 aliphatic rings. The highest BCUT2D eigenvalue weighted by molar-refractivity contribution is 7.92. The molecule has 9 heteroatoms. The summed E-state index contributed by atoms with van der Waals surface area (Å²) in [5, 5.41) is 7.82. The molecule has 1 aliphatic heterocycles. The molecule has 0 atom stereocenters. The highest BCUT2D eigenvalue weighted by atomic mass is 32.2. The van der Waals surface area contributed by atoms with Crippen LogP contribution in [0.15, 0.2) is 0 Å². The number of sulfonamides is 1. The van der Waals surface area contributed by atoms with Crippen molar-refractivity contribution >= 4 is 19.9 Å². The van der Waals surface area contributed by atoms with E-state index >= 15 is 0 Å². The molecule has 0 aromatic carbocycles. The SMILES string of the molecule is O=S1(=O)CCC(S(=O)(=O)NCCOCCO)CC1. The zero-order chi connectivity index (χ0) is 13.6. The van der Waals surface area contributed by atoms with Gasteiger partial charge in [0.2, 0.25) is 10.0 Å². The molecule has 0 saturated carbocycles. The average molecular weight is 301 g/mol. The molecule has 1 heterocycles. The molecular formula is C9H19NO6S2. The monoisotopic (exact) mass is 301 g/mol. The van der Waals surface area contributed by atoms with E-state index in [0.29, 0.717) is 0 Å². The number of nitrogens with one attached hydrogen (secondary N) is 1. The molecule has 18 heavy (non-hydrogen) atoms. The number of aliphatic hydroxyl groups excluding tert-OH is 1. The first-order valence-electron chi connectivity index (χ1n) is 5.75. The van der Waals surface area contributed by atoms with Crippen molar-refractivity contribution in [2.45, 2.75) is 18.1 Å². The Balaban J connectivity index is 2.36. The van der Waals surface area contributed by atoms with E-state index in [0.717, 1.165) is 0 Å². The maximum absolute atomic E-state index is 11.8. The number of rotatable bonds is 7. The largest absolute Gasteiger partial charge is 0.394 e. The smallest absolute Gasteiger partial charge is 0.214 e. The van der Waals surface area contributed by atoms with Crippen LogP contribution in [0.5, 0.6) is 0 Å². The molecule has 0 radical (unpaired) electrons. The Hall–Kier alpha value is -0.220. The molecule has 0 spiro atoms. The van der Waals surface area contributed by atoms with Gasteiger partial charge >= 0.3 is 0 Å². The van der Waals surface area contributed by atoms with Crippen molar-refractivity contribution < 1.29 is 26.7 Å². The Morgan fingerprint density at radius 2 is 1.83 bits per heavy atom. The average Bonchev–Trinajstić information content (AvgIpc) is 2.28. The van der Waals surface area contributed by atoms with Gasteiger partial charge in [-0.25, -0.2) is 21.6 Å². The van der Waals surface area contributed by atoms with Crippen molar-refractivity contribution in [1.29, 1.82) is 0 Å². The predicted octanol–water partition coefficient (Wildman–Crippen LogP) is -1.51. The van der Waals surface area contributed by atoms with Crippen molar-refractivity contribution in [2.75, 3.05) is 37.9 Å². The predicted molar refractivity (Wildman–Crippen MR) is 66.5 cm³/mol. The number of aliphatic hydroxyl groups is 1. The number of hydrogen-bond acceptors (Lipinski definition) is 6. The summed E-state index contributed by atoms with van der Waals surface area (Å²) in [4.78, 5) is 0. The fourth-order valence-electron chi connectivity index (χ4n) is 1.72. The lowest BCUT2D eigenvalue weighted by Crippen LogP contribution is -2.40. The van der Waals surface area contributed by atoms with Crippen molar-refractivity contribution in [2.24, 2.45) is 0 Å². The van der Waals surface area contributed by atoms with Gasteiger partial charge in [0, 0.05) is 6.54 Å². The number of ether oxygens (including phenoxy) is 1. The lowest BCUT2D eigenvalue weighted by molar-refractivity contribution is 0.0961. The lowest BCUT2D eigenvalue weighted by Gasteiger charge is -2.22. The van der Waals surface area contributed by atoms with E-state index in [4.69, 9.17) is 9.84 Å². The summed E-state index contributed by atoms with van der Waals surface area (Å²) in [5.74, 6) is -0.140. The third-order valence-corrected chi connectivity index (χ3v) is 6.40. The molecule has 0 aromatic rings. The second-order valence-electron chi connectivity index (χ2n) is 4.13. The molecule has 0 aliphatic carbocycles. The van der Waals surface area contributed by atoms with Gasteiger partial charge in [0.05, 0.1) is 36.6 Å². The minimum Gasteiger partial charge on any atom is -0.394 e. The van der Waals surface area contributed by atoms with Crippen LogP contribution < -0.4 is 4.72 Å². The van der Waals surface area contributed by atoms with Gasteiger partial charge in [-0.15, -0.1) is 0 Å². The highest BCUT2D eigenvalue weighted by Crippen LogP contribution is 2.18. The molecule has 0 unspecified atom stereocenters. The van der Waals surface area contributed by atoms with Crippen molar-refractivity contribution in [3.05, 3.63) is 0 Å². The van der Waals surface area contributed by atoms with Gasteiger partial charge in [-0.05, 0) is 12.8 Å². The van der Waals surface area contributed by atoms with Crippen LogP contribution in [0.25, 0.3) is 0 Å².